The van der Waals surface area contributed by atoms with Crippen molar-refractivity contribution in [1.29, 1.82) is 0 Å². The lowest BCUT2D eigenvalue weighted by molar-refractivity contribution is -0.142. The number of aliphatic carboxylic acids is 1. The summed E-state index contributed by atoms with van der Waals surface area (Å²) in [4.78, 5) is 136. The Morgan fingerprint density at radius 1 is 0.714 bits per heavy atom. The van der Waals surface area contributed by atoms with Crippen LogP contribution >= 0.6 is 0 Å². The summed E-state index contributed by atoms with van der Waals surface area (Å²) in [7, 11) is 0. The average molecular weight is 1060 g/mol. The Kier molecular flexibility index (Phi) is 23.6. The number of unbranched alkanes of at least 4 members (excludes halogenated alkanes) is 1. The van der Waals surface area contributed by atoms with E-state index in [0.29, 0.717) is 29.7 Å². The van der Waals surface area contributed by atoms with Gasteiger partial charge in [0.15, 0.2) is 5.96 Å². The maximum Gasteiger partial charge on any atom is 0.326 e. The first-order valence-electron chi connectivity index (χ1n) is 25.8. The average Bonchev–Trinajstić information content (AvgIpc) is 3.93. The van der Waals surface area contributed by atoms with Gasteiger partial charge >= 0.3 is 5.97 Å². The Morgan fingerprint density at radius 3 is 1.88 bits per heavy atom. The smallest absolute Gasteiger partial charge is 0.326 e. The number of hydrogen-bond acceptors (Lipinski definition) is 11. The minimum Gasteiger partial charge on any atom is -0.480 e. The van der Waals surface area contributed by atoms with Crippen molar-refractivity contribution in [2.24, 2.45) is 16.5 Å². The van der Waals surface area contributed by atoms with Crippen molar-refractivity contribution in [3.63, 3.8) is 0 Å². The number of nitrogens with one attached hydrogen (secondary N) is 9. The quantitative estimate of drug-likeness (QED) is 0.0368. The number of hydrogen-bond donors (Lipinski definition) is 12. The summed E-state index contributed by atoms with van der Waals surface area (Å²) in [6, 6.07) is 15.8. The van der Waals surface area contributed by atoms with E-state index in [1.165, 1.54) is 19.4 Å². The molecule has 14 N–H and O–H groups in total. The zero-order valence-corrected chi connectivity index (χ0v) is 43.3. The molecule has 1 saturated heterocycles. The lowest BCUT2D eigenvalue weighted by Gasteiger charge is -2.28. The lowest BCUT2D eigenvalue weighted by atomic mass is 9.99. The number of carboxylic acid groups (broad SMARTS) is 1. The molecule has 0 unspecified atom stereocenters. The van der Waals surface area contributed by atoms with Crippen molar-refractivity contribution in [3.05, 3.63) is 114 Å². The van der Waals surface area contributed by atoms with Gasteiger partial charge in [0.1, 0.15) is 42.3 Å². The highest BCUT2D eigenvalue weighted by Gasteiger charge is 2.35. The fourth-order valence-corrected chi connectivity index (χ4v) is 8.55. The van der Waals surface area contributed by atoms with Gasteiger partial charge in [-0.25, -0.2) is 9.78 Å². The van der Waals surface area contributed by atoms with Gasteiger partial charge in [0, 0.05) is 51.2 Å². The summed E-state index contributed by atoms with van der Waals surface area (Å²) in [5, 5.41) is 31.7. The van der Waals surface area contributed by atoms with Crippen LogP contribution in [0.1, 0.15) is 88.5 Å². The fraction of sp³-hybridized carbons (Fsp3) is 0.426. The van der Waals surface area contributed by atoms with Crippen molar-refractivity contribution in [2.45, 2.75) is 133 Å². The van der Waals surface area contributed by atoms with Crippen LogP contribution in [0.4, 0.5) is 0 Å². The van der Waals surface area contributed by atoms with E-state index >= 15 is 0 Å². The first-order chi connectivity index (χ1) is 37.0. The third kappa shape index (κ3) is 20.2. The number of carboxylic acids is 1. The number of rotatable bonds is 18. The molecule has 1 fully saturated rings. The third-order valence-corrected chi connectivity index (χ3v) is 12.7. The predicted octanol–water partition coefficient (Wildman–Crippen LogP) is 0.537. The summed E-state index contributed by atoms with van der Waals surface area (Å²) in [6.07, 6.45) is 3.60. The Morgan fingerprint density at radius 2 is 1.29 bits per heavy atom. The van der Waals surface area contributed by atoms with E-state index in [2.05, 4.69) is 57.5 Å². The molecule has 23 nitrogen and oxygen atoms in total. The Labute approximate surface area is 446 Å². The molecule has 2 heterocycles. The van der Waals surface area contributed by atoms with Gasteiger partial charge in [0.05, 0.1) is 12.7 Å². The van der Waals surface area contributed by atoms with Crippen LogP contribution in [0.15, 0.2) is 102 Å². The normalized spacial score (nSPS) is 20.8. The number of carbonyl (C=O) groups excluding carboxylic acids is 8. The molecule has 23 heteroatoms. The molecule has 1 aliphatic heterocycles. The molecule has 8 amide bonds. The lowest BCUT2D eigenvalue weighted by Crippen LogP contribution is -2.61. The van der Waals surface area contributed by atoms with E-state index in [1.54, 1.807) is 42.5 Å². The molecule has 5 rings (SSSR count). The van der Waals surface area contributed by atoms with Crippen molar-refractivity contribution < 1.29 is 48.3 Å². The number of nitrogens with zero attached hydrogens (tertiary/aromatic N) is 2. The van der Waals surface area contributed by atoms with Gasteiger partial charge in [-0.15, -0.1) is 0 Å². The summed E-state index contributed by atoms with van der Waals surface area (Å²) in [5.41, 5.74) is 14.6. The summed E-state index contributed by atoms with van der Waals surface area (Å²) < 4.78 is 0. The van der Waals surface area contributed by atoms with Gasteiger partial charge in [-0.1, -0.05) is 105 Å². The molecule has 0 radical (unpaired) electrons. The predicted molar refractivity (Wildman–Crippen MR) is 286 cm³/mol. The highest BCUT2D eigenvalue weighted by molar-refractivity contribution is 5.98. The maximum atomic E-state index is 14.7. The number of aromatic nitrogens is 2. The summed E-state index contributed by atoms with van der Waals surface area (Å²) >= 11 is 0. The molecule has 1 aliphatic rings. The second-order valence-corrected chi connectivity index (χ2v) is 18.8. The zero-order chi connectivity index (χ0) is 55.7. The monoisotopic (exact) mass is 1060 g/mol. The van der Waals surface area contributed by atoms with Crippen LogP contribution in [-0.2, 0) is 62.4 Å². The van der Waals surface area contributed by atoms with Crippen molar-refractivity contribution >= 4 is 59.2 Å². The Balaban J connectivity index is 1.54. The van der Waals surface area contributed by atoms with Gasteiger partial charge in [0.2, 0.25) is 47.3 Å². The molecule has 412 valence electrons. The number of benzene rings is 3. The minimum absolute atomic E-state index is 0.00331. The topological polar surface area (TPSA) is 363 Å². The van der Waals surface area contributed by atoms with Gasteiger partial charge in [0.25, 0.3) is 0 Å². The van der Waals surface area contributed by atoms with Gasteiger partial charge < -0.3 is 64.1 Å². The van der Waals surface area contributed by atoms with Crippen molar-refractivity contribution in [2.75, 3.05) is 13.1 Å². The standard InChI is InChI=1S/C54H71N13O10/c1-3-4-18-39(61-33(2)68)47(70)67-45-30-46(69)58-25-12-11-19-41(53(76)77)63-50(73)43(28-35-21-23-37(24-22-35)36-16-9-6-10-17-36)64-48(71)40(20-13-26-59-54(55)56)62-49(72)42(27-34-14-7-5-8-15-34)65-51(74)44(66-52(45)75)29-38-31-57-32-60-38/h5-10,14-17,21-24,31-32,39-45H,3-4,11-13,18-20,25-30H2,1-2H3,(H,57,60)(H,58,69)(H,61,68)(H,62,72)(H,63,73)(H,64,71)(H,65,74)(H,66,75)(H,67,70)(H,76,77)(H4,55,56,59)/t39-,40-,41-,42+,43+,44-,45-/m0/s1. The van der Waals surface area contributed by atoms with Crippen LogP contribution in [0.5, 0.6) is 0 Å². The molecule has 77 heavy (non-hydrogen) atoms. The second kappa shape index (κ2) is 30.7. The summed E-state index contributed by atoms with van der Waals surface area (Å²) in [5.74, 6) is -7.80. The van der Waals surface area contributed by atoms with Crippen LogP contribution in [0.2, 0.25) is 0 Å². The Hall–Kier alpha value is -8.63. The van der Waals surface area contributed by atoms with Gasteiger partial charge in [-0.05, 0) is 60.8 Å². The molecular weight excluding hydrogens is 991 g/mol. The number of aliphatic imine (C=N–C) groups is 1. The highest BCUT2D eigenvalue weighted by Crippen LogP contribution is 2.20. The molecule has 0 spiro atoms. The van der Waals surface area contributed by atoms with E-state index in [9.17, 15) is 48.3 Å². The van der Waals surface area contributed by atoms with Gasteiger partial charge in [-0.2, -0.15) is 0 Å². The van der Waals surface area contributed by atoms with Gasteiger partial charge in [-0.3, -0.25) is 43.3 Å². The van der Waals surface area contributed by atoms with E-state index in [-0.39, 0.29) is 76.8 Å². The van der Waals surface area contributed by atoms with E-state index in [0.717, 1.165) is 11.1 Å². The molecule has 4 aromatic rings. The number of nitrogens with two attached hydrogens (primary N) is 2. The number of amides is 8. The molecule has 3 aromatic carbocycles. The second-order valence-electron chi connectivity index (χ2n) is 18.8. The molecule has 0 bridgehead atoms. The van der Waals surface area contributed by atoms with Crippen LogP contribution in [0.3, 0.4) is 0 Å². The van der Waals surface area contributed by atoms with Crippen LogP contribution < -0.4 is 54.0 Å². The zero-order valence-electron chi connectivity index (χ0n) is 43.3. The van der Waals surface area contributed by atoms with Crippen LogP contribution in [-0.4, -0.2) is 130 Å². The molecule has 7 atom stereocenters. The largest absolute Gasteiger partial charge is 0.480 e. The molecule has 1 aromatic heterocycles. The highest BCUT2D eigenvalue weighted by atomic mass is 16.4. The minimum atomic E-state index is -1.60. The van der Waals surface area contributed by atoms with E-state index in [4.69, 9.17) is 11.5 Å². The maximum absolute atomic E-state index is 14.7. The number of carbonyl (C=O) groups is 9. The Bertz CT molecular complexity index is 2630. The third-order valence-electron chi connectivity index (χ3n) is 12.7. The molecular formula is C54H71N13O10. The van der Waals surface area contributed by atoms with Crippen molar-refractivity contribution in [3.8, 4) is 11.1 Å². The number of imidazole rings is 1. The van der Waals surface area contributed by atoms with Crippen LogP contribution in [0.25, 0.3) is 11.1 Å². The number of H-pyrrole nitrogens is 1. The van der Waals surface area contributed by atoms with E-state index < -0.39 is 102 Å². The summed E-state index contributed by atoms with van der Waals surface area (Å²) in [6.45, 7) is 3.19. The SMILES string of the molecule is CCCC[C@H](NC(C)=O)C(=O)N[C@H]1CC(=O)NCCCC[C@@H](C(=O)O)NC(=O)[C@@H](Cc2ccc(-c3ccccc3)cc2)NC(=O)[C@H](CCCN=C(N)N)NC(=O)[C@@H](Cc2ccccc2)NC(=O)[C@H](Cc2cnc[nH]2)NC1=O. The molecule has 0 saturated carbocycles. The molecule has 0 aliphatic carbocycles. The number of aromatic amines is 1. The first kappa shape index (κ1) is 59.2. The first-order valence-corrected chi connectivity index (χ1v) is 25.8. The van der Waals surface area contributed by atoms with Crippen LogP contribution in [0, 0.1) is 0 Å². The van der Waals surface area contributed by atoms with E-state index in [1.807, 2.05) is 49.4 Å². The number of guanidine groups is 1. The van der Waals surface area contributed by atoms with Crippen molar-refractivity contribution in [1.82, 2.24) is 52.5 Å². The fourth-order valence-electron chi connectivity index (χ4n) is 8.55.